The molecule has 0 aromatic carbocycles. The molecule has 0 aliphatic heterocycles. The number of nitrogens with one attached hydrogen (secondary N) is 1. The predicted molar refractivity (Wildman–Crippen MR) is 74.0 cm³/mol. The van der Waals surface area contributed by atoms with E-state index < -0.39 is 16.0 Å². The number of carboxylic acid groups (broad SMARTS) is 1. The molecule has 1 rings (SSSR count). The zero-order valence-corrected chi connectivity index (χ0v) is 12.6. The van der Waals surface area contributed by atoms with Gasteiger partial charge in [0.05, 0.1) is 6.42 Å². The first-order valence-electron chi connectivity index (χ1n) is 5.79. The Hall–Kier alpha value is -0.960. The van der Waals surface area contributed by atoms with Crippen molar-refractivity contribution in [1.29, 1.82) is 0 Å². The topological polar surface area (TPSA) is 86.7 Å². The normalized spacial score (nSPS) is 11.9. The Balaban J connectivity index is 2.76. The molecule has 0 amide bonds. The maximum atomic E-state index is 12.2. The summed E-state index contributed by atoms with van der Waals surface area (Å²) in [4.78, 5) is 11.1. The van der Waals surface area contributed by atoms with Crippen LogP contribution in [0.3, 0.4) is 0 Å². The molecule has 6 nitrogen and oxygen atoms in total. The van der Waals surface area contributed by atoms with E-state index in [2.05, 4.69) is 5.32 Å². The molecule has 2 N–H and O–H groups in total. The Kier molecular flexibility index (Phi) is 5.92. The molecule has 0 spiro atoms. The van der Waals surface area contributed by atoms with Gasteiger partial charge in [-0.15, -0.1) is 11.3 Å². The maximum Gasteiger partial charge on any atom is 0.308 e. The van der Waals surface area contributed by atoms with E-state index in [0.717, 1.165) is 24.3 Å². The van der Waals surface area contributed by atoms with Gasteiger partial charge in [0, 0.05) is 18.5 Å². The molecular formula is C11H18N2O4S2. The molecule has 0 fully saturated rings. The second-order valence-electron chi connectivity index (χ2n) is 4.07. The smallest absolute Gasteiger partial charge is 0.308 e. The van der Waals surface area contributed by atoms with E-state index in [1.54, 1.807) is 6.07 Å². The number of thiophene rings is 1. The van der Waals surface area contributed by atoms with Crippen molar-refractivity contribution in [3.05, 3.63) is 17.0 Å². The van der Waals surface area contributed by atoms with Crippen LogP contribution in [-0.2, 0) is 21.2 Å². The molecule has 0 atom stereocenters. The Morgan fingerprint density at radius 2 is 2.16 bits per heavy atom. The highest BCUT2D eigenvalue weighted by molar-refractivity contribution is 7.91. The van der Waals surface area contributed by atoms with Crippen molar-refractivity contribution in [2.75, 3.05) is 27.2 Å². The second kappa shape index (κ2) is 6.99. The number of sulfonamides is 1. The van der Waals surface area contributed by atoms with E-state index >= 15 is 0 Å². The summed E-state index contributed by atoms with van der Waals surface area (Å²) in [5.41, 5.74) is 0. The highest BCUT2D eigenvalue weighted by Crippen LogP contribution is 2.24. The van der Waals surface area contributed by atoms with E-state index in [1.807, 2.05) is 7.05 Å². The molecular weight excluding hydrogens is 288 g/mol. The van der Waals surface area contributed by atoms with E-state index in [9.17, 15) is 13.2 Å². The van der Waals surface area contributed by atoms with Crippen molar-refractivity contribution < 1.29 is 18.3 Å². The van der Waals surface area contributed by atoms with Gasteiger partial charge in [0.2, 0.25) is 0 Å². The van der Waals surface area contributed by atoms with Gasteiger partial charge in [-0.1, -0.05) is 0 Å². The van der Waals surface area contributed by atoms with Crippen molar-refractivity contribution in [3.8, 4) is 0 Å². The Morgan fingerprint density at radius 1 is 1.47 bits per heavy atom. The third kappa shape index (κ3) is 4.57. The molecule has 8 heteroatoms. The quantitative estimate of drug-likeness (QED) is 0.687. The van der Waals surface area contributed by atoms with E-state index in [1.165, 1.54) is 17.4 Å². The lowest BCUT2D eigenvalue weighted by Gasteiger charge is -2.15. The van der Waals surface area contributed by atoms with E-state index in [-0.39, 0.29) is 10.6 Å². The van der Waals surface area contributed by atoms with Crippen molar-refractivity contribution in [3.63, 3.8) is 0 Å². The molecule has 19 heavy (non-hydrogen) atoms. The summed E-state index contributed by atoms with van der Waals surface area (Å²) in [6, 6.07) is 3.01. The molecule has 108 valence electrons. The summed E-state index contributed by atoms with van der Waals surface area (Å²) in [5.74, 6) is -0.965. The highest BCUT2D eigenvalue weighted by atomic mass is 32.2. The molecule has 0 aliphatic carbocycles. The summed E-state index contributed by atoms with van der Waals surface area (Å²) in [7, 11) is -0.162. The van der Waals surface area contributed by atoms with Crippen LogP contribution in [0.25, 0.3) is 0 Å². The summed E-state index contributed by atoms with van der Waals surface area (Å²) in [6.45, 7) is 1.17. The average Bonchev–Trinajstić information content (AvgIpc) is 2.77. The first-order valence-corrected chi connectivity index (χ1v) is 8.05. The Labute approximate surface area is 117 Å². The molecule has 0 bridgehead atoms. The molecule has 0 saturated carbocycles. The SMILES string of the molecule is CNCCCN(C)S(=O)(=O)c1ccc(CC(=O)O)s1. The minimum absolute atomic E-state index is 0.149. The van der Waals surface area contributed by atoms with Crippen LogP contribution in [0.1, 0.15) is 11.3 Å². The van der Waals surface area contributed by atoms with Gasteiger partial charge in [0.15, 0.2) is 0 Å². The fourth-order valence-electron chi connectivity index (χ4n) is 1.49. The largest absolute Gasteiger partial charge is 0.481 e. The summed E-state index contributed by atoms with van der Waals surface area (Å²) < 4.78 is 25.9. The van der Waals surface area contributed by atoms with Crippen LogP contribution in [-0.4, -0.2) is 51.0 Å². The van der Waals surface area contributed by atoms with E-state index in [0.29, 0.717) is 11.4 Å². The minimum atomic E-state index is -3.50. The number of nitrogens with zero attached hydrogens (tertiary/aromatic N) is 1. The van der Waals surface area contributed by atoms with Crippen LogP contribution in [0.15, 0.2) is 16.3 Å². The number of rotatable bonds is 8. The minimum Gasteiger partial charge on any atom is -0.481 e. The van der Waals surface area contributed by atoms with Crippen molar-refractivity contribution in [1.82, 2.24) is 9.62 Å². The molecule has 0 aliphatic rings. The predicted octanol–water partition coefficient (Wildman–Crippen LogP) is 0.605. The lowest BCUT2D eigenvalue weighted by molar-refractivity contribution is -0.136. The van der Waals surface area contributed by atoms with Gasteiger partial charge in [-0.2, -0.15) is 0 Å². The monoisotopic (exact) mass is 306 g/mol. The lowest BCUT2D eigenvalue weighted by atomic mass is 10.3. The van der Waals surface area contributed by atoms with Crippen LogP contribution in [0.2, 0.25) is 0 Å². The number of aliphatic carboxylic acids is 1. The fraction of sp³-hybridized carbons (Fsp3) is 0.545. The Bertz CT molecular complexity index is 525. The van der Waals surface area contributed by atoms with E-state index in [4.69, 9.17) is 5.11 Å². The van der Waals surface area contributed by atoms with Gasteiger partial charge in [0.25, 0.3) is 10.0 Å². The summed E-state index contributed by atoms with van der Waals surface area (Å²) in [5, 5.41) is 11.6. The standard InChI is InChI=1S/C11H18N2O4S2/c1-12-6-3-7-13(2)19(16,17)11-5-4-9(18-11)8-10(14)15/h4-5,12H,3,6-8H2,1-2H3,(H,14,15). The van der Waals surface area contributed by atoms with Crippen LogP contribution < -0.4 is 5.32 Å². The van der Waals surface area contributed by atoms with Gasteiger partial charge in [-0.25, -0.2) is 12.7 Å². The summed E-state index contributed by atoms with van der Waals surface area (Å²) in [6.07, 6.45) is 0.573. The third-order valence-corrected chi connectivity index (χ3v) is 5.94. The number of carboxylic acids is 1. The molecule has 1 aromatic rings. The molecule has 1 heterocycles. The zero-order valence-electron chi connectivity index (χ0n) is 10.9. The second-order valence-corrected chi connectivity index (χ2v) is 7.51. The molecule has 0 radical (unpaired) electrons. The molecule has 1 aromatic heterocycles. The van der Waals surface area contributed by atoms with Crippen LogP contribution in [0.4, 0.5) is 0 Å². The van der Waals surface area contributed by atoms with Crippen molar-refractivity contribution in [2.24, 2.45) is 0 Å². The first kappa shape index (κ1) is 16.1. The number of carbonyl (C=O) groups is 1. The van der Waals surface area contributed by atoms with Crippen LogP contribution in [0.5, 0.6) is 0 Å². The summed E-state index contributed by atoms with van der Waals surface area (Å²) >= 11 is 1.01. The maximum absolute atomic E-state index is 12.2. The van der Waals surface area contributed by atoms with Gasteiger partial charge >= 0.3 is 5.97 Å². The van der Waals surface area contributed by atoms with Gasteiger partial charge in [0.1, 0.15) is 4.21 Å². The highest BCUT2D eigenvalue weighted by Gasteiger charge is 2.22. The van der Waals surface area contributed by atoms with Crippen molar-refractivity contribution in [2.45, 2.75) is 17.1 Å². The number of hydrogen-bond donors (Lipinski definition) is 2. The number of hydrogen-bond acceptors (Lipinski definition) is 5. The van der Waals surface area contributed by atoms with Gasteiger partial charge in [-0.05, 0) is 32.1 Å². The van der Waals surface area contributed by atoms with Crippen LogP contribution >= 0.6 is 11.3 Å². The van der Waals surface area contributed by atoms with Gasteiger partial charge < -0.3 is 10.4 Å². The molecule has 0 saturated heterocycles. The zero-order chi connectivity index (χ0) is 14.5. The third-order valence-electron chi connectivity index (χ3n) is 2.53. The fourth-order valence-corrected chi connectivity index (χ4v) is 4.26. The lowest BCUT2D eigenvalue weighted by Crippen LogP contribution is -2.29. The molecule has 0 unspecified atom stereocenters. The van der Waals surface area contributed by atoms with Gasteiger partial charge in [-0.3, -0.25) is 4.79 Å². The Morgan fingerprint density at radius 3 is 2.74 bits per heavy atom. The van der Waals surface area contributed by atoms with Crippen LogP contribution in [0, 0.1) is 0 Å². The average molecular weight is 306 g/mol. The van der Waals surface area contributed by atoms with Crippen molar-refractivity contribution >= 4 is 27.3 Å². The first-order chi connectivity index (χ1) is 8.87.